The van der Waals surface area contributed by atoms with Crippen LogP contribution in [0.4, 0.5) is 9.59 Å². The van der Waals surface area contributed by atoms with Gasteiger partial charge < -0.3 is 14.4 Å². The molecule has 40 heavy (non-hydrogen) atoms. The molecule has 0 unspecified atom stereocenters. The Labute approximate surface area is 247 Å². The zero-order chi connectivity index (χ0) is 30.8. The third kappa shape index (κ3) is 9.83. The van der Waals surface area contributed by atoms with E-state index in [0.717, 1.165) is 24.2 Å². The van der Waals surface area contributed by atoms with Crippen molar-refractivity contribution in [2.75, 3.05) is 13.1 Å². The highest BCUT2D eigenvalue weighted by molar-refractivity contribution is 6.61. The van der Waals surface area contributed by atoms with E-state index in [1.165, 1.54) is 11.1 Å². The lowest BCUT2D eigenvalue weighted by atomic mass is 9.80. The molecule has 1 aliphatic heterocycles. The Morgan fingerprint density at radius 1 is 0.625 bits per heavy atom. The van der Waals surface area contributed by atoms with Gasteiger partial charge in [-0.3, -0.25) is 0 Å². The fourth-order valence-corrected chi connectivity index (χ4v) is 4.24. The average Bonchev–Trinajstić information content (AvgIpc) is 2.74. The molecule has 1 saturated heterocycles. The zero-order valence-electron chi connectivity index (χ0n) is 26.9. The molecule has 3 rings (SSSR count). The summed E-state index contributed by atoms with van der Waals surface area (Å²) in [5.74, 6) is 1.74. The van der Waals surface area contributed by atoms with E-state index in [4.69, 9.17) is 21.1 Å². The van der Waals surface area contributed by atoms with Gasteiger partial charge in [0, 0.05) is 24.7 Å². The summed E-state index contributed by atoms with van der Waals surface area (Å²) in [4.78, 5) is 24.8. The number of amides is 1. The van der Waals surface area contributed by atoms with Crippen molar-refractivity contribution in [2.24, 2.45) is 5.92 Å². The molecular weight excluding hydrogens is 522 g/mol. The molecule has 5 nitrogen and oxygen atoms in total. The van der Waals surface area contributed by atoms with Gasteiger partial charge in [0.05, 0.1) is 0 Å². The summed E-state index contributed by atoms with van der Waals surface area (Å²) >= 11 is 5.28. The van der Waals surface area contributed by atoms with Crippen LogP contribution in [0.15, 0.2) is 36.4 Å². The molecule has 6 heteroatoms. The van der Waals surface area contributed by atoms with Crippen molar-refractivity contribution < 1.29 is 19.1 Å². The summed E-state index contributed by atoms with van der Waals surface area (Å²) in [6, 6.07) is 12.1. The van der Waals surface area contributed by atoms with Crippen molar-refractivity contribution >= 4 is 23.1 Å². The molecule has 0 aromatic heterocycles. The van der Waals surface area contributed by atoms with Gasteiger partial charge in [-0.2, -0.15) is 0 Å². The Bertz CT molecular complexity index is 1140. The Hall–Kier alpha value is -2.53. The molecule has 0 saturated carbocycles. The zero-order valence-corrected chi connectivity index (χ0v) is 27.7. The van der Waals surface area contributed by atoms with Crippen LogP contribution < -0.4 is 9.47 Å². The minimum atomic E-state index is -0.805. The first-order valence-electron chi connectivity index (χ1n) is 14.1. The normalized spacial score (nSPS) is 14.6. The van der Waals surface area contributed by atoms with Crippen LogP contribution in [-0.4, -0.2) is 29.5 Å². The average molecular weight is 572 g/mol. The number of carbonyl (C=O) groups is 2. The van der Waals surface area contributed by atoms with Crippen molar-refractivity contribution in [1.82, 2.24) is 4.90 Å². The lowest BCUT2D eigenvalue weighted by Crippen LogP contribution is -2.49. The fourth-order valence-electron chi connectivity index (χ4n) is 4.15. The fraction of sp³-hybridized carbons (Fsp3) is 0.588. The van der Waals surface area contributed by atoms with E-state index in [2.05, 4.69) is 102 Å². The smallest absolute Gasteiger partial charge is 0.414 e. The second kappa shape index (κ2) is 12.1. The number of carbonyl (C=O) groups excluding carboxylic acids is 2. The van der Waals surface area contributed by atoms with E-state index >= 15 is 0 Å². The van der Waals surface area contributed by atoms with E-state index in [0.29, 0.717) is 17.4 Å². The molecule has 0 atom stereocenters. The first-order valence-corrected chi connectivity index (χ1v) is 14.5. The quantitative estimate of drug-likeness (QED) is 0.336. The van der Waals surface area contributed by atoms with Crippen molar-refractivity contribution in [1.29, 1.82) is 0 Å². The van der Waals surface area contributed by atoms with Gasteiger partial charge in [-0.25, -0.2) is 9.59 Å². The summed E-state index contributed by atoms with van der Waals surface area (Å²) < 4.78 is 10.6. The van der Waals surface area contributed by atoms with Crippen LogP contribution in [0.25, 0.3) is 0 Å². The second-order valence-electron chi connectivity index (χ2n) is 15.2. The molecule has 1 heterocycles. The molecule has 0 radical (unpaired) electrons. The van der Waals surface area contributed by atoms with Crippen LogP contribution >= 0.6 is 11.6 Å². The van der Waals surface area contributed by atoms with E-state index in [-0.39, 0.29) is 27.8 Å². The number of rotatable bonds is 2. The monoisotopic (exact) mass is 571 g/mol. The Morgan fingerprint density at radius 3 is 1.18 bits per heavy atom. The number of benzene rings is 2. The van der Waals surface area contributed by atoms with E-state index in [1.54, 1.807) is 4.90 Å². The summed E-state index contributed by atoms with van der Waals surface area (Å²) in [7, 11) is 0. The number of hydrogen-bond acceptors (Lipinski definition) is 4. The lowest BCUT2D eigenvalue weighted by molar-refractivity contribution is 0.0942. The molecule has 0 bridgehead atoms. The number of likely N-dealkylation sites (tertiary alicyclic amines) is 1. The minimum Gasteiger partial charge on any atom is -0.414 e. The van der Waals surface area contributed by atoms with Crippen LogP contribution in [0.5, 0.6) is 11.5 Å². The maximum atomic E-state index is 12.2. The third-order valence-corrected chi connectivity index (χ3v) is 7.08. The highest BCUT2D eigenvalue weighted by Crippen LogP contribution is 2.34. The summed E-state index contributed by atoms with van der Waals surface area (Å²) in [6.45, 7) is 29.6. The molecule has 2 aromatic carbocycles. The van der Waals surface area contributed by atoms with Crippen molar-refractivity contribution in [3.8, 4) is 11.5 Å². The number of hydrogen-bond donors (Lipinski definition) is 0. The predicted octanol–water partition coefficient (Wildman–Crippen LogP) is 9.75. The predicted molar refractivity (Wildman–Crippen MR) is 166 cm³/mol. The summed E-state index contributed by atoms with van der Waals surface area (Å²) in [5, 5.41) is 0. The van der Waals surface area contributed by atoms with E-state index in [1.807, 2.05) is 24.3 Å². The van der Waals surface area contributed by atoms with Crippen LogP contribution in [-0.2, 0) is 21.7 Å². The standard InChI is InChI=1S/C19H29NO2.C15H21ClO2/c1-13-11-20(12-13)17(21)22-16-9-14(18(2,3)4)8-15(10-16)19(5,6)7;1-14(2,3)10-7-11(15(4,5)6)9-12(8-10)18-13(16)17/h8-10,13H,11-12H2,1-7H3;7-9H,1-6H3. The van der Waals surface area contributed by atoms with Gasteiger partial charge in [0.25, 0.3) is 0 Å². The Balaban J connectivity index is 0.000000286. The highest BCUT2D eigenvalue weighted by atomic mass is 35.5. The van der Waals surface area contributed by atoms with Gasteiger partial charge in [0.2, 0.25) is 0 Å². The summed E-state index contributed by atoms with van der Waals surface area (Å²) in [6.07, 6.45) is -0.232. The van der Waals surface area contributed by atoms with Gasteiger partial charge >= 0.3 is 11.5 Å². The van der Waals surface area contributed by atoms with Gasteiger partial charge in [-0.05, 0) is 74.1 Å². The van der Waals surface area contributed by atoms with Gasteiger partial charge in [-0.1, -0.05) is 102 Å². The Kier molecular flexibility index (Phi) is 10.2. The number of ether oxygens (including phenoxy) is 2. The maximum Gasteiger partial charge on any atom is 0.415 e. The van der Waals surface area contributed by atoms with Gasteiger partial charge in [0.15, 0.2) is 0 Å². The van der Waals surface area contributed by atoms with Crippen LogP contribution in [0.2, 0.25) is 0 Å². The second-order valence-corrected chi connectivity index (χ2v) is 15.5. The molecule has 222 valence electrons. The third-order valence-electron chi connectivity index (χ3n) is 7.00. The molecule has 0 aliphatic carbocycles. The number of halogens is 1. The molecular formula is C34H50ClNO4. The summed E-state index contributed by atoms with van der Waals surface area (Å²) in [5.41, 5.74) is 3.87. The van der Waals surface area contributed by atoms with Crippen molar-refractivity contribution in [3.05, 3.63) is 58.7 Å². The van der Waals surface area contributed by atoms with Crippen molar-refractivity contribution in [2.45, 2.75) is 112 Å². The highest BCUT2D eigenvalue weighted by Gasteiger charge is 2.29. The molecule has 1 fully saturated rings. The topological polar surface area (TPSA) is 55.8 Å². The Morgan fingerprint density at radius 2 is 0.925 bits per heavy atom. The number of nitrogens with zero attached hydrogens (tertiary/aromatic N) is 1. The molecule has 1 aliphatic rings. The van der Waals surface area contributed by atoms with E-state index in [9.17, 15) is 9.59 Å². The van der Waals surface area contributed by atoms with Crippen LogP contribution in [0, 0.1) is 5.92 Å². The maximum absolute atomic E-state index is 12.2. The molecule has 1 amide bonds. The van der Waals surface area contributed by atoms with Gasteiger partial charge in [0.1, 0.15) is 11.5 Å². The van der Waals surface area contributed by atoms with E-state index < -0.39 is 5.43 Å². The van der Waals surface area contributed by atoms with Crippen molar-refractivity contribution in [3.63, 3.8) is 0 Å². The first kappa shape index (κ1) is 33.7. The first-order chi connectivity index (χ1) is 18.0. The minimum absolute atomic E-state index is 0.00523. The van der Waals surface area contributed by atoms with Crippen LogP contribution in [0.1, 0.15) is 112 Å². The molecule has 2 aromatic rings. The molecule has 0 N–H and O–H groups in total. The van der Waals surface area contributed by atoms with Crippen LogP contribution in [0.3, 0.4) is 0 Å². The molecule has 0 spiro atoms. The SMILES string of the molecule is CC(C)(C)c1cc(OC(=O)Cl)cc(C(C)(C)C)c1.CC1CN(C(=O)Oc2cc(C(C)(C)C)cc(C(C)(C)C)c2)C1. The lowest BCUT2D eigenvalue weighted by Gasteiger charge is -2.36. The largest absolute Gasteiger partial charge is 0.415 e. The van der Waals surface area contributed by atoms with Gasteiger partial charge in [-0.15, -0.1) is 0 Å².